The normalized spacial score (nSPS) is 15.9. The van der Waals surface area contributed by atoms with E-state index in [1.807, 2.05) is 61.7 Å². The minimum absolute atomic E-state index is 0.290. The van der Waals surface area contributed by atoms with Gasteiger partial charge in [-0.1, -0.05) is 53.2 Å². The van der Waals surface area contributed by atoms with Crippen molar-refractivity contribution in [2.24, 2.45) is 0 Å². The number of nitrogens with one attached hydrogen (secondary N) is 1. The Kier molecular flexibility index (Phi) is 6.13. The van der Waals surface area contributed by atoms with Gasteiger partial charge in [-0.2, -0.15) is 4.98 Å². The van der Waals surface area contributed by atoms with Crippen molar-refractivity contribution in [3.8, 4) is 11.4 Å². The van der Waals surface area contributed by atoms with Gasteiger partial charge in [0, 0.05) is 16.2 Å². The maximum Gasteiger partial charge on any atom is 0.327 e. The SMILES string of the molecule is CSc1ccc(C2NC(=O)N(c3cccc(F)c3)C(C)=C2c2nc(-c3ccc(C)cc3)no2)cc1. The fourth-order valence-corrected chi connectivity index (χ4v) is 4.55. The molecular formula is C27H23FN4O2S. The summed E-state index contributed by atoms with van der Waals surface area (Å²) in [6, 6.07) is 20.8. The van der Waals surface area contributed by atoms with Crippen LogP contribution < -0.4 is 10.2 Å². The summed E-state index contributed by atoms with van der Waals surface area (Å²) in [5.41, 5.74) is 4.47. The first-order chi connectivity index (χ1) is 16.9. The zero-order valence-corrected chi connectivity index (χ0v) is 20.3. The van der Waals surface area contributed by atoms with E-state index in [1.165, 1.54) is 17.0 Å². The maximum atomic E-state index is 14.0. The molecule has 1 atom stereocenters. The monoisotopic (exact) mass is 486 g/mol. The van der Waals surface area contributed by atoms with Crippen LogP contribution in [0.2, 0.25) is 0 Å². The summed E-state index contributed by atoms with van der Waals surface area (Å²) in [6.07, 6.45) is 2.01. The van der Waals surface area contributed by atoms with Crippen LogP contribution in [-0.4, -0.2) is 22.4 Å². The van der Waals surface area contributed by atoms with E-state index >= 15 is 0 Å². The van der Waals surface area contributed by atoms with Crippen LogP contribution in [0.3, 0.4) is 0 Å². The second kappa shape index (κ2) is 9.38. The Bertz CT molecular complexity index is 1410. The largest absolute Gasteiger partial charge is 0.334 e. The molecule has 2 heterocycles. The molecule has 1 aliphatic heterocycles. The number of aromatic nitrogens is 2. The Morgan fingerprint density at radius 2 is 1.77 bits per heavy atom. The maximum absolute atomic E-state index is 14.0. The molecule has 3 aromatic carbocycles. The highest BCUT2D eigenvalue weighted by Crippen LogP contribution is 2.39. The van der Waals surface area contributed by atoms with Crippen LogP contribution in [0.25, 0.3) is 17.0 Å². The average molecular weight is 487 g/mol. The zero-order chi connectivity index (χ0) is 24.5. The molecule has 5 rings (SSSR count). The second-order valence-corrected chi connectivity index (χ2v) is 9.14. The molecule has 0 saturated heterocycles. The fraction of sp³-hybridized carbons (Fsp3) is 0.148. The number of hydrogen-bond acceptors (Lipinski definition) is 5. The lowest BCUT2D eigenvalue weighted by molar-refractivity contribution is 0.244. The van der Waals surface area contributed by atoms with Crippen molar-refractivity contribution in [2.75, 3.05) is 11.2 Å². The van der Waals surface area contributed by atoms with Crippen molar-refractivity contribution in [3.05, 3.63) is 101 Å². The molecule has 2 amide bonds. The Morgan fingerprint density at radius 1 is 1.03 bits per heavy atom. The summed E-state index contributed by atoms with van der Waals surface area (Å²) >= 11 is 1.64. The number of allylic oxidation sites excluding steroid dienone is 1. The van der Waals surface area contributed by atoms with Crippen molar-refractivity contribution < 1.29 is 13.7 Å². The number of carbonyl (C=O) groups excluding carboxylic acids is 1. The highest BCUT2D eigenvalue weighted by atomic mass is 32.2. The Labute approximate surface area is 206 Å². The molecule has 1 unspecified atom stereocenters. The van der Waals surface area contributed by atoms with Gasteiger partial charge in [0.2, 0.25) is 5.82 Å². The number of nitrogens with zero attached hydrogens (tertiary/aromatic N) is 3. The fourth-order valence-electron chi connectivity index (χ4n) is 4.15. The Balaban J connectivity index is 1.64. The van der Waals surface area contributed by atoms with Gasteiger partial charge in [0.1, 0.15) is 5.82 Å². The molecule has 8 heteroatoms. The van der Waals surface area contributed by atoms with Crippen LogP contribution in [0.1, 0.15) is 30.0 Å². The molecule has 6 nitrogen and oxygen atoms in total. The van der Waals surface area contributed by atoms with Gasteiger partial charge in [0.15, 0.2) is 0 Å². The van der Waals surface area contributed by atoms with E-state index in [0.29, 0.717) is 28.7 Å². The average Bonchev–Trinajstić information content (AvgIpc) is 3.34. The minimum atomic E-state index is -0.519. The van der Waals surface area contributed by atoms with Gasteiger partial charge in [0.05, 0.1) is 17.3 Å². The molecule has 35 heavy (non-hydrogen) atoms. The predicted octanol–water partition coefficient (Wildman–Crippen LogP) is 6.61. The summed E-state index contributed by atoms with van der Waals surface area (Å²) in [7, 11) is 0. The smallest absolute Gasteiger partial charge is 0.327 e. The number of amides is 2. The highest BCUT2D eigenvalue weighted by molar-refractivity contribution is 7.98. The van der Waals surface area contributed by atoms with E-state index in [1.54, 1.807) is 30.8 Å². The lowest BCUT2D eigenvalue weighted by atomic mass is 9.94. The Morgan fingerprint density at radius 3 is 2.46 bits per heavy atom. The highest BCUT2D eigenvalue weighted by Gasteiger charge is 2.36. The van der Waals surface area contributed by atoms with E-state index in [-0.39, 0.29) is 6.03 Å². The van der Waals surface area contributed by atoms with Crippen LogP contribution in [0, 0.1) is 12.7 Å². The molecule has 0 bridgehead atoms. The summed E-state index contributed by atoms with van der Waals surface area (Å²) in [5, 5.41) is 7.24. The number of anilines is 1. The molecular weight excluding hydrogens is 463 g/mol. The summed E-state index contributed by atoms with van der Waals surface area (Å²) in [5.74, 6) is 0.309. The molecule has 4 aromatic rings. The molecule has 0 saturated carbocycles. The minimum Gasteiger partial charge on any atom is -0.334 e. The lowest BCUT2D eigenvalue weighted by Gasteiger charge is -2.35. The van der Waals surface area contributed by atoms with Gasteiger partial charge in [0.25, 0.3) is 5.89 Å². The number of urea groups is 1. The molecule has 0 aliphatic carbocycles. The van der Waals surface area contributed by atoms with Gasteiger partial charge in [-0.15, -0.1) is 11.8 Å². The standard InChI is InChI=1S/C27H23FN4O2S/c1-16-7-9-19(10-8-16)25-30-26(34-31-25)23-17(2)32(21-6-4-5-20(28)15-21)27(33)29-24(23)18-11-13-22(35-3)14-12-18/h4-15,24H,1-3H3,(H,29,33). The number of aryl methyl sites for hydroxylation is 1. The molecule has 0 radical (unpaired) electrons. The number of thioether (sulfide) groups is 1. The third-order valence-corrected chi connectivity index (χ3v) is 6.71. The third kappa shape index (κ3) is 4.44. The van der Waals surface area contributed by atoms with Crippen LogP contribution in [0.4, 0.5) is 14.9 Å². The van der Waals surface area contributed by atoms with E-state index in [2.05, 4.69) is 15.5 Å². The number of rotatable bonds is 5. The predicted molar refractivity (Wildman–Crippen MR) is 135 cm³/mol. The van der Waals surface area contributed by atoms with Crippen molar-refractivity contribution in [2.45, 2.75) is 24.8 Å². The van der Waals surface area contributed by atoms with Crippen molar-refractivity contribution in [1.82, 2.24) is 15.5 Å². The van der Waals surface area contributed by atoms with E-state index in [9.17, 15) is 9.18 Å². The summed E-state index contributed by atoms with van der Waals surface area (Å²) in [6.45, 7) is 3.82. The van der Waals surface area contributed by atoms with Gasteiger partial charge in [-0.25, -0.2) is 9.18 Å². The molecule has 0 spiro atoms. The molecule has 176 valence electrons. The van der Waals surface area contributed by atoms with Gasteiger partial charge >= 0.3 is 6.03 Å². The van der Waals surface area contributed by atoms with Crippen LogP contribution in [0.15, 0.2) is 87.9 Å². The zero-order valence-electron chi connectivity index (χ0n) is 19.4. The van der Waals surface area contributed by atoms with Crippen LogP contribution >= 0.6 is 11.8 Å². The molecule has 0 fully saturated rings. The number of halogens is 1. The van der Waals surface area contributed by atoms with Crippen molar-refractivity contribution in [3.63, 3.8) is 0 Å². The Hall–Kier alpha value is -3.91. The van der Waals surface area contributed by atoms with E-state index in [0.717, 1.165) is 21.6 Å². The first kappa shape index (κ1) is 22.9. The van der Waals surface area contributed by atoms with Crippen LogP contribution in [0.5, 0.6) is 0 Å². The van der Waals surface area contributed by atoms with Gasteiger partial charge in [-0.05, 0) is 56.0 Å². The molecule has 1 N–H and O–H groups in total. The summed E-state index contributed by atoms with van der Waals surface area (Å²) in [4.78, 5) is 20.5. The number of benzene rings is 3. The van der Waals surface area contributed by atoms with Crippen molar-refractivity contribution in [1.29, 1.82) is 0 Å². The first-order valence-corrected chi connectivity index (χ1v) is 12.3. The third-order valence-electron chi connectivity index (χ3n) is 5.97. The quantitative estimate of drug-likeness (QED) is 0.322. The van der Waals surface area contributed by atoms with Crippen LogP contribution in [-0.2, 0) is 0 Å². The molecule has 1 aromatic heterocycles. The topological polar surface area (TPSA) is 71.3 Å². The number of hydrogen-bond donors (Lipinski definition) is 1. The van der Waals surface area contributed by atoms with E-state index in [4.69, 9.17) is 4.52 Å². The molecule has 1 aliphatic rings. The number of carbonyl (C=O) groups is 1. The first-order valence-electron chi connectivity index (χ1n) is 11.1. The summed E-state index contributed by atoms with van der Waals surface area (Å²) < 4.78 is 19.7. The van der Waals surface area contributed by atoms with Crippen molar-refractivity contribution >= 4 is 29.1 Å². The second-order valence-electron chi connectivity index (χ2n) is 8.26. The van der Waals surface area contributed by atoms with E-state index < -0.39 is 11.9 Å². The lowest BCUT2D eigenvalue weighted by Crippen LogP contribution is -2.46. The van der Waals surface area contributed by atoms with Gasteiger partial charge in [-0.3, -0.25) is 4.90 Å². The van der Waals surface area contributed by atoms with Gasteiger partial charge < -0.3 is 9.84 Å².